The minimum absolute atomic E-state index is 0.0530. The molecule has 2 rings (SSSR count). The van der Waals surface area contributed by atoms with Crippen LogP contribution in [0.2, 0.25) is 0 Å². The lowest BCUT2D eigenvalue weighted by Crippen LogP contribution is -2.50. The topological polar surface area (TPSA) is 57.6 Å². The number of carbonyl (C=O) groups is 2. The first-order valence-corrected chi connectivity index (χ1v) is 6.84. The van der Waals surface area contributed by atoms with Crippen LogP contribution in [0.1, 0.15) is 25.3 Å². The number of piperidine rings is 1. The Labute approximate surface area is 121 Å². The second kappa shape index (κ2) is 6.20. The highest BCUT2D eigenvalue weighted by atomic mass is 19.1. The average Bonchev–Trinajstić information content (AvgIpc) is 2.42. The number of rotatable bonds is 3. The summed E-state index contributed by atoms with van der Waals surface area (Å²) in [6, 6.07) is 2.02. The van der Waals surface area contributed by atoms with E-state index in [4.69, 9.17) is 0 Å². The zero-order chi connectivity index (χ0) is 15.6. The zero-order valence-corrected chi connectivity index (χ0v) is 11.7. The lowest BCUT2D eigenvalue weighted by molar-refractivity contribution is -0.152. The van der Waals surface area contributed by atoms with Crippen LogP contribution in [0.25, 0.3) is 0 Å². The molecule has 1 aliphatic heterocycles. The van der Waals surface area contributed by atoms with Crippen molar-refractivity contribution in [1.82, 2.24) is 4.90 Å². The quantitative estimate of drug-likeness (QED) is 0.930. The van der Waals surface area contributed by atoms with E-state index in [0.717, 1.165) is 18.2 Å². The number of hydrogen-bond acceptors (Lipinski definition) is 2. The number of benzene rings is 1. The van der Waals surface area contributed by atoms with Crippen LogP contribution in [0.5, 0.6) is 0 Å². The number of carboxylic acids is 1. The van der Waals surface area contributed by atoms with Crippen molar-refractivity contribution in [3.63, 3.8) is 0 Å². The van der Waals surface area contributed by atoms with Gasteiger partial charge < -0.3 is 10.0 Å². The van der Waals surface area contributed by atoms with Crippen LogP contribution in [-0.2, 0) is 16.0 Å². The van der Waals surface area contributed by atoms with Gasteiger partial charge in [-0.2, -0.15) is 0 Å². The molecule has 0 spiro atoms. The maximum atomic E-state index is 13.6. The van der Waals surface area contributed by atoms with Gasteiger partial charge in [-0.3, -0.25) is 4.79 Å². The van der Waals surface area contributed by atoms with Gasteiger partial charge >= 0.3 is 5.97 Å². The zero-order valence-electron chi connectivity index (χ0n) is 11.7. The molecule has 1 saturated heterocycles. The van der Waals surface area contributed by atoms with Crippen LogP contribution in [0.3, 0.4) is 0 Å². The summed E-state index contributed by atoms with van der Waals surface area (Å²) >= 11 is 0. The third kappa shape index (κ3) is 3.56. The Hall–Kier alpha value is -1.98. The summed E-state index contributed by atoms with van der Waals surface area (Å²) < 4.78 is 26.7. The number of hydrogen-bond donors (Lipinski definition) is 1. The Morgan fingerprint density at radius 2 is 2.10 bits per heavy atom. The van der Waals surface area contributed by atoms with Crippen LogP contribution in [0.4, 0.5) is 8.78 Å². The first-order chi connectivity index (χ1) is 9.88. The van der Waals surface area contributed by atoms with Crippen molar-refractivity contribution in [3.8, 4) is 0 Å². The molecule has 0 radical (unpaired) electrons. The van der Waals surface area contributed by atoms with Crippen molar-refractivity contribution in [1.29, 1.82) is 0 Å². The summed E-state index contributed by atoms with van der Waals surface area (Å²) in [6.45, 7) is 2.26. The molecular weight excluding hydrogens is 280 g/mol. The number of carbonyl (C=O) groups excluding carboxylic acids is 1. The van der Waals surface area contributed by atoms with Gasteiger partial charge in [0.2, 0.25) is 5.91 Å². The number of carboxylic acid groups (broad SMARTS) is 1. The fourth-order valence-corrected chi connectivity index (χ4v) is 2.62. The molecule has 0 aromatic heterocycles. The van der Waals surface area contributed by atoms with Crippen molar-refractivity contribution in [2.45, 2.75) is 32.2 Å². The maximum absolute atomic E-state index is 13.6. The van der Waals surface area contributed by atoms with Gasteiger partial charge in [0.15, 0.2) is 0 Å². The van der Waals surface area contributed by atoms with E-state index in [1.165, 1.54) is 4.90 Å². The van der Waals surface area contributed by atoms with Gasteiger partial charge in [0.1, 0.15) is 17.7 Å². The Morgan fingerprint density at radius 1 is 1.38 bits per heavy atom. The predicted octanol–water partition coefficient (Wildman–Crippen LogP) is 2.22. The minimum atomic E-state index is -1.06. The number of aliphatic carboxylic acids is 1. The fourth-order valence-electron chi connectivity index (χ4n) is 2.62. The monoisotopic (exact) mass is 297 g/mol. The summed E-state index contributed by atoms with van der Waals surface area (Å²) in [6.07, 6.45) is 0.760. The highest BCUT2D eigenvalue weighted by Crippen LogP contribution is 2.24. The van der Waals surface area contributed by atoms with Gasteiger partial charge in [0.25, 0.3) is 0 Å². The van der Waals surface area contributed by atoms with Crippen LogP contribution in [0, 0.1) is 17.6 Å². The van der Waals surface area contributed by atoms with Crippen LogP contribution in [-0.4, -0.2) is 34.5 Å². The highest BCUT2D eigenvalue weighted by Gasteiger charge is 2.34. The molecule has 0 bridgehead atoms. The van der Waals surface area contributed by atoms with Crippen molar-refractivity contribution >= 4 is 11.9 Å². The first kappa shape index (κ1) is 15.4. The van der Waals surface area contributed by atoms with E-state index in [0.29, 0.717) is 19.4 Å². The molecule has 1 aromatic carbocycles. The van der Waals surface area contributed by atoms with Gasteiger partial charge in [-0.25, -0.2) is 13.6 Å². The Balaban J connectivity index is 2.15. The van der Waals surface area contributed by atoms with E-state index in [9.17, 15) is 23.5 Å². The molecule has 6 heteroatoms. The van der Waals surface area contributed by atoms with Gasteiger partial charge in [-0.1, -0.05) is 6.92 Å². The van der Waals surface area contributed by atoms with E-state index in [1.807, 2.05) is 6.92 Å². The normalized spacial score (nSPS) is 22.1. The molecule has 0 saturated carbocycles. The standard InChI is InChI=1S/C15H17F2NO3/c1-9-4-5-18(13(6-9)15(20)21)14(19)8-10-7-11(16)2-3-12(10)17/h2-3,7,9,13H,4-6,8H2,1H3,(H,20,21). The molecule has 1 fully saturated rings. The van der Waals surface area contributed by atoms with E-state index in [1.54, 1.807) is 0 Å². The molecule has 1 amide bonds. The molecule has 4 nitrogen and oxygen atoms in total. The van der Waals surface area contributed by atoms with Gasteiger partial charge in [0.05, 0.1) is 6.42 Å². The molecular formula is C15H17F2NO3. The fraction of sp³-hybridized carbons (Fsp3) is 0.467. The second-order valence-corrected chi connectivity index (χ2v) is 5.48. The smallest absolute Gasteiger partial charge is 0.326 e. The summed E-state index contributed by atoms with van der Waals surface area (Å²) in [4.78, 5) is 24.7. The molecule has 114 valence electrons. The molecule has 1 N–H and O–H groups in total. The molecule has 1 aromatic rings. The van der Waals surface area contributed by atoms with Crippen LogP contribution >= 0.6 is 0 Å². The average molecular weight is 297 g/mol. The molecule has 2 unspecified atom stereocenters. The van der Waals surface area contributed by atoms with E-state index < -0.39 is 29.6 Å². The number of nitrogens with zero attached hydrogens (tertiary/aromatic N) is 1. The molecule has 2 atom stereocenters. The first-order valence-electron chi connectivity index (χ1n) is 6.84. The number of likely N-dealkylation sites (tertiary alicyclic amines) is 1. The molecule has 1 aliphatic rings. The van der Waals surface area contributed by atoms with E-state index in [-0.39, 0.29) is 17.9 Å². The highest BCUT2D eigenvalue weighted by molar-refractivity contribution is 5.85. The Kier molecular flexibility index (Phi) is 4.55. The predicted molar refractivity (Wildman–Crippen MR) is 71.6 cm³/mol. The van der Waals surface area contributed by atoms with Gasteiger partial charge in [-0.15, -0.1) is 0 Å². The van der Waals surface area contributed by atoms with Crippen LogP contribution < -0.4 is 0 Å². The largest absolute Gasteiger partial charge is 0.480 e. The van der Waals surface area contributed by atoms with Crippen molar-refractivity contribution in [2.24, 2.45) is 5.92 Å². The third-order valence-electron chi connectivity index (χ3n) is 3.82. The summed E-state index contributed by atoms with van der Waals surface area (Å²) in [5, 5.41) is 9.21. The number of halogens is 2. The Bertz CT molecular complexity index is 562. The SMILES string of the molecule is CC1CCN(C(=O)Cc2cc(F)ccc2F)C(C(=O)O)C1. The van der Waals surface area contributed by atoms with Crippen LogP contribution in [0.15, 0.2) is 18.2 Å². The maximum Gasteiger partial charge on any atom is 0.326 e. The number of amides is 1. The second-order valence-electron chi connectivity index (χ2n) is 5.48. The summed E-state index contributed by atoms with van der Waals surface area (Å²) in [5.41, 5.74) is -0.0530. The van der Waals surface area contributed by atoms with Crippen molar-refractivity contribution < 1.29 is 23.5 Å². The molecule has 1 heterocycles. The third-order valence-corrected chi connectivity index (χ3v) is 3.82. The van der Waals surface area contributed by atoms with Gasteiger partial charge in [-0.05, 0) is 37.0 Å². The van der Waals surface area contributed by atoms with E-state index in [2.05, 4.69) is 0 Å². The van der Waals surface area contributed by atoms with Crippen molar-refractivity contribution in [3.05, 3.63) is 35.4 Å². The summed E-state index contributed by atoms with van der Waals surface area (Å²) in [7, 11) is 0. The summed E-state index contributed by atoms with van der Waals surface area (Å²) in [5.74, 6) is -2.61. The minimum Gasteiger partial charge on any atom is -0.480 e. The van der Waals surface area contributed by atoms with Gasteiger partial charge in [0, 0.05) is 12.1 Å². The lowest BCUT2D eigenvalue weighted by Gasteiger charge is -2.36. The molecule has 21 heavy (non-hydrogen) atoms. The Morgan fingerprint density at radius 3 is 2.76 bits per heavy atom. The van der Waals surface area contributed by atoms with E-state index >= 15 is 0 Å². The lowest BCUT2D eigenvalue weighted by atomic mass is 9.92. The molecule has 0 aliphatic carbocycles. The van der Waals surface area contributed by atoms with Crippen molar-refractivity contribution in [2.75, 3.05) is 6.54 Å².